The average Bonchev–Trinajstić information content (AvgIpc) is 4.05. The highest BCUT2D eigenvalue weighted by atomic mass is 35.7. The lowest BCUT2D eigenvalue weighted by atomic mass is 9.85. The lowest BCUT2D eigenvalue weighted by Gasteiger charge is -2.29. The molecule has 0 aliphatic heterocycles. The number of H-pyrrole nitrogens is 2. The maximum absolute atomic E-state index is 13.1. The van der Waals surface area contributed by atoms with Gasteiger partial charge in [0.25, 0.3) is 9.05 Å². The second kappa shape index (κ2) is 24.0. The van der Waals surface area contributed by atoms with Crippen LogP contribution in [-0.4, -0.2) is 50.7 Å². The Morgan fingerprint density at radius 2 is 0.904 bits per heavy atom. The predicted octanol–water partition coefficient (Wildman–Crippen LogP) is 11.7. The number of halogens is 1. The summed E-state index contributed by atoms with van der Waals surface area (Å²) < 4.78 is 51.8. The van der Waals surface area contributed by atoms with Crippen LogP contribution < -0.4 is 21.1 Å². The highest BCUT2D eigenvalue weighted by Gasteiger charge is 2.30. The van der Waals surface area contributed by atoms with Crippen molar-refractivity contribution in [3.05, 3.63) is 181 Å². The van der Waals surface area contributed by atoms with Crippen molar-refractivity contribution in [1.29, 1.82) is 0 Å². The Labute approximate surface area is 433 Å². The number of benzene rings is 6. The van der Waals surface area contributed by atoms with Crippen LogP contribution in [0.3, 0.4) is 0 Å². The molecule has 0 radical (unpaired) electrons. The smallest absolute Gasteiger partial charge is 0.261 e. The van der Waals surface area contributed by atoms with Gasteiger partial charge in [-0.05, 0) is 136 Å². The van der Waals surface area contributed by atoms with Crippen molar-refractivity contribution >= 4 is 63.4 Å². The number of carbonyl (C=O) groups excluding carboxylic acids is 2. The van der Waals surface area contributed by atoms with E-state index in [1.54, 1.807) is 24.3 Å². The second-order valence-corrected chi connectivity index (χ2v) is 23.4. The first-order valence-electron chi connectivity index (χ1n) is 24.9. The van der Waals surface area contributed by atoms with Crippen LogP contribution in [0.25, 0.3) is 44.3 Å². The molecule has 2 saturated carbocycles. The van der Waals surface area contributed by atoms with E-state index in [2.05, 4.69) is 25.3 Å². The minimum Gasteiger partial charge on any atom is -0.355 e. The molecule has 8 aromatic rings. The molecule has 0 unspecified atom stereocenters. The molecule has 73 heavy (non-hydrogen) atoms. The molecule has 7 N–H and O–H groups in total. The fourth-order valence-electron chi connectivity index (χ4n) is 9.54. The lowest BCUT2D eigenvalue weighted by Crippen LogP contribution is -2.41. The predicted molar refractivity (Wildman–Crippen MR) is 293 cm³/mol. The molecule has 0 bridgehead atoms. The average molecular weight is 1040 g/mol. The Balaban J connectivity index is 0.000000161. The van der Waals surface area contributed by atoms with Crippen molar-refractivity contribution < 1.29 is 26.4 Å². The number of aromatic amines is 2. The van der Waals surface area contributed by atoms with Gasteiger partial charge >= 0.3 is 0 Å². The molecule has 2 fully saturated rings. The van der Waals surface area contributed by atoms with Gasteiger partial charge in [0.1, 0.15) is 0 Å². The van der Waals surface area contributed by atoms with E-state index >= 15 is 0 Å². The highest BCUT2D eigenvalue weighted by molar-refractivity contribution is 8.13. The van der Waals surface area contributed by atoms with E-state index < -0.39 is 19.1 Å². The number of sulfonamides is 1. The minimum absolute atomic E-state index is 0.0415. The Bertz CT molecular complexity index is 3320. The zero-order chi connectivity index (χ0) is 51.5. The zero-order valence-electron chi connectivity index (χ0n) is 41.0. The van der Waals surface area contributed by atoms with Gasteiger partial charge in [-0.15, -0.1) is 0 Å². The van der Waals surface area contributed by atoms with Gasteiger partial charge in [0.2, 0.25) is 21.8 Å². The Morgan fingerprint density at radius 3 is 1.33 bits per heavy atom. The fraction of sp³-hybridized carbons (Fsp3) is 0.276. The van der Waals surface area contributed by atoms with E-state index in [1.807, 2.05) is 153 Å². The number of nitrogens with one attached hydrogen (secondary N) is 5. The van der Waals surface area contributed by atoms with Crippen LogP contribution in [0.4, 0.5) is 0 Å². The van der Waals surface area contributed by atoms with Crippen molar-refractivity contribution in [2.45, 2.75) is 99.2 Å². The maximum Gasteiger partial charge on any atom is 0.261 e. The van der Waals surface area contributed by atoms with E-state index in [9.17, 15) is 26.4 Å². The van der Waals surface area contributed by atoms with Crippen LogP contribution >= 0.6 is 10.7 Å². The largest absolute Gasteiger partial charge is 0.355 e. The van der Waals surface area contributed by atoms with E-state index in [0.29, 0.717) is 31.7 Å². The summed E-state index contributed by atoms with van der Waals surface area (Å²) in [7, 11) is -2.01. The standard InChI is InChI=1S/C29H31N3O3S.C15H22N2O.C14H10ClNO2S/c1-20(21-8-4-2-5-9-21)30-29(33)23-12-14-25(15-13-23)32-36(34,35)26-16-17-27-24(18-26)19-28(31-27)22-10-6-3-7-11-22;1-11(12-5-3-2-4-6-12)17-15(18)13-7-9-14(16)10-8-13;15-19(17,18)12-6-7-13-11(8-12)9-14(16-13)10-4-2-1-3-5-10/h2-11,16-20,23,25,31-32H,12-15H2,1H3,(H,30,33);2-6,11,13-14H,7-10,16H2,1H3,(H,17,18);1-9,16H/t20-,23?,25?;11-,13?,14?;/m11./s1. The number of aromatic nitrogens is 2. The molecular formula is C58H63ClN6O6S2. The van der Waals surface area contributed by atoms with Gasteiger partial charge in [-0.2, -0.15) is 0 Å². The molecule has 2 amide bonds. The highest BCUT2D eigenvalue weighted by Crippen LogP contribution is 2.31. The molecule has 2 aromatic heterocycles. The third-order valence-electron chi connectivity index (χ3n) is 13.8. The number of hydrogen-bond acceptors (Lipinski definition) is 7. The summed E-state index contributed by atoms with van der Waals surface area (Å²) in [4.78, 5) is 31.9. The summed E-state index contributed by atoms with van der Waals surface area (Å²) in [6.45, 7) is 4.01. The number of amides is 2. The SMILES string of the molecule is C[C@@H](NC(=O)C1CCC(N)CC1)c1ccccc1.C[C@@H](NC(=O)C1CCC(NS(=O)(=O)c2ccc3[nH]c(-c4ccccc4)cc3c2)CC1)c1ccccc1.O=S(=O)(Cl)c1ccc2[nH]c(-c3ccccc3)cc2c1. The van der Waals surface area contributed by atoms with E-state index in [1.165, 1.54) is 6.07 Å². The summed E-state index contributed by atoms with van der Waals surface area (Å²) in [5.41, 5.74) is 13.8. The second-order valence-electron chi connectivity index (χ2n) is 19.1. The Morgan fingerprint density at radius 1 is 0.521 bits per heavy atom. The first-order chi connectivity index (χ1) is 35.1. The van der Waals surface area contributed by atoms with E-state index in [0.717, 1.165) is 81.1 Å². The van der Waals surface area contributed by atoms with Crippen molar-refractivity contribution in [2.75, 3.05) is 0 Å². The zero-order valence-corrected chi connectivity index (χ0v) is 43.4. The molecule has 12 nitrogen and oxygen atoms in total. The van der Waals surface area contributed by atoms with E-state index in [-0.39, 0.29) is 51.6 Å². The first kappa shape index (κ1) is 52.8. The molecular weight excluding hydrogens is 976 g/mol. The Kier molecular flexibility index (Phi) is 17.3. The summed E-state index contributed by atoms with van der Waals surface area (Å²) in [6, 6.07) is 53.7. The summed E-state index contributed by atoms with van der Waals surface area (Å²) >= 11 is 0. The van der Waals surface area contributed by atoms with Crippen LogP contribution in [0.5, 0.6) is 0 Å². The molecule has 2 aliphatic rings. The molecule has 380 valence electrons. The number of fused-ring (bicyclic) bond motifs is 2. The number of carbonyl (C=O) groups is 2. The quantitative estimate of drug-likeness (QED) is 0.0655. The van der Waals surface area contributed by atoms with Crippen LogP contribution in [0, 0.1) is 11.8 Å². The summed E-state index contributed by atoms with van der Waals surface area (Å²) in [6.07, 6.45) is 6.40. The summed E-state index contributed by atoms with van der Waals surface area (Å²) in [5.74, 6) is 0.276. The molecule has 0 saturated heterocycles. The van der Waals surface area contributed by atoms with Gasteiger partial charge in [0, 0.05) is 67.8 Å². The molecule has 10 rings (SSSR count). The van der Waals surface area contributed by atoms with Crippen molar-refractivity contribution in [1.82, 2.24) is 25.3 Å². The molecule has 15 heteroatoms. The van der Waals surface area contributed by atoms with Crippen molar-refractivity contribution in [3.63, 3.8) is 0 Å². The van der Waals surface area contributed by atoms with Gasteiger partial charge in [0.15, 0.2) is 0 Å². The monoisotopic (exact) mass is 1040 g/mol. The molecule has 2 heterocycles. The molecule has 0 spiro atoms. The first-order valence-corrected chi connectivity index (χ1v) is 28.7. The summed E-state index contributed by atoms with van der Waals surface area (Å²) in [5, 5.41) is 7.88. The van der Waals surface area contributed by atoms with Crippen LogP contribution in [0.15, 0.2) is 180 Å². The fourth-order valence-corrected chi connectivity index (χ4v) is 11.7. The molecule has 2 aliphatic carbocycles. The Hall–Kier alpha value is -6.55. The maximum atomic E-state index is 13.1. The van der Waals surface area contributed by atoms with Gasteiger partial charge < -0.3 is 26.3 Å². The number of rotatable bonds is 12. The minimum atomic E-state index is -3.69. The number of nitrogens with two attached hydrogens (primary N) is 1. The normalized spacial score (nSPS) is 18.8. The van der Waals surface area contributed by atoms with Crippen molar-refractivity contribution in [2.24, 2.45) is 17.6 Å². The van der Waals surface area contributed by atoms with Crippen LogP contribution in [-0.2, 0) is 28.7 Å². The molecule has 6 aromatic carbocycles. The van der Waals surface area contributed by atoms with Crippen LogP contribution in [0.2, 0.25) is 0 Å². The van der Waals surface area contributed by atoms with Gasteiger partial charge in [0.05, 0.1) is 21.9 Å². The third-order valence-corrected chi connectivity index (χ3v) is 16.7. The lowest BCUT2D eigenvalue weighted by molar-refractivity contribution is -0.127. The van der Waals surface area contributed by atoms with Gasteiger partial charge in [-0.3, -0.25) is 9.59 Å². The van der Waals surface area contributed by atoms with Gasteiger partial charge in [-0.25, -0.2) is 21.6 Å². The van der Waals surface area contributed by atoms with Crippen molar-refractivity contribution in [3.8, 4) is 22.5 Å². The van der Waals surface area contributed by atoms with E-state index in [4.69, 9.17) is 16.4 Å². The topological polar surface area (TPSA) is 196 Å². The van der Waals surface area contributed by atoms with Gasteiger partial charge in [-0.1, -0.05) is 121 Å². The van der Waals surface area contributed by atoms with Crippen LogP contribution in [0.1, 0.15) is 88.4 Å². The number of hydrogen-bond donors (Lipinski definition) is 6. The molecule has 2 atom stereocenters. The third kappa shape index (κ3) is 14.2.